The van der Waals surface area contributed by atoms with Crippen LogP contribution < -0.4 is 5.32 Å². The molecule has 1 aliphatic rings. The minimum Gasteiger partial charge on any atom is -0.450 e. The molecule has 120 valence electrons. The predicted molar refractivity (Wildman–Crippen MR) is 79.6 cm³/mol. The van der Waals surface area contributed by atoms with Crippen molar-refractivity contribution in [3.63, 3.8) is 0 Å². The minimum absolute atomic E-state index is 0.113. The maximum absolute atomic E-state index is 13.1. The van der Waals surface area contributed by atoms with Crippen LogP contribution in [0.1, 0.15) is 25.3 Å². The van der Waals surface area contributed by atoms with Gasteiger partial charge in [-0.25, -0.2) is 9.18 Å². The monoisotopic (exact) mass is 308 g/mol. The Kier molecular flexibility index (Phi) is 5.75. The van der Waals surface area contributed by atoms with Crippen molar-refractivity contribution in [2.75, 3.05) is 19.7 Å². The Morgan fingerprint density at radius 3 is 3.00 bits per heavy atom. The molecular formula is C16H21FN2O3. The van der Waals surface area contributed by atoms with Gasteiger partial charge in [-0.3, -0.25) is 4.79 Å². The lowest BCUT2D eigenvalue weighted by Crippen LogP contribution is -2.45. The fraction of sp³-hybridized carbons (Fsp3) is 0.500. The van der Waals surface area contributed by atoms with E-state index in [9.17, 15) is 14.0 Å². The second-order valence-electron chi connectivity index (χ2n) is 5.33. The Morgan fingerprint density at radius 1 is 1.45 bits per heavy atom. The third kappa shape index (κ3) is 4.44. The summed E-state index contributed by atoms with van der Waals surface area (Å²) in [6.45, 7) is 3.35. The predicted octanol–water partition coefficient (Wildman–Crippen LogP) is 2.31. The first-order chi connectivity index (χ1) is 10.6. The summed E-state index contributed by atoms with van der Waals surface area (Å²) in [7, 11) is 0. The average Bonchev–Trinajstić information content (AvgIpc) is 2.53. The summed E-state index contributed by atoms with van der Waals surface area (Å²) in [5, 5.41) is 2.80. The second-order valence-corrected chi connectivity index (χ2v) is 5.33. The van der Waals surface area contributed by atoms with Crippen molar-refractivity contribution in [1.82, 2.24) is 10.2 Å². The Bertz CT molecular complexity index is 536. The van der Waals surface area contributed by atoms with E-state index in [0.717, 1.165) is 12.8 Å². The molecule has 1 saturated heterocycles. The first kappa shape index (κ1) is 16.3. The molecular weight excluding hydrogens is 287 g/mol. The lowest BCUT2D eigenvalue weighted by Gasteiger charge is -2.31. The second kappa shape index (κ2) is 7.77. The molecule has 1 unspecified atom stereocenters. The molecule has 1 aromatic rings. The van der Waals surface area contributed by atoms with Crippen LogP contribution in [0.2, 0.25) is 0 Å². The molecule has 2 rings (SSSR count). The number of likely N-dealkylation sites (tertiary alicyclic amines) is 1. The molecule has 2 amide bonds. The van der Waals surface area contributed by atoms with Crippen molar-refractivity contribution in [3.05, 3.63) is 35.6 Å². The van der Waals surface area contributed by atoms with Crippen molar-refractivity contribution >= 4 is 12.0 Å². The Morgan fingerprint density at radius 2 is 2.27 bits per heavy atom. The van der Waals surface area contributed by atoms with Crippen LogP contribution in [0.5, 0.6) is 0 Å². The van der Waals surface area contributed by atoms with E-state index in [1.165, 1.54) is 12.1 Å². The summed E-state index contributed by atoms with van der Waals surface area (Å²) < 4.78 is 18.1. The van der Waals surface area contributed by atoms with E-state index < -0.39 is 0 Å². The van der Waals surface area contributed by atoms with Gasteiger partial charge in [0.2, 0.25) is 5.91 Å². The van der Waals surface area contributed by atoms with Crippen LogP contribution in [0.25, 0.3) is 0 Å². The normalized spacial score (nSPS) is 17.9. The van der Waals surface area contributed by atoms with Crippen molar-refractivity contribution in [1.29, 1.82) is 0 Å². The molecule has 0 aliphatic carbocycles. The van der Waals surface area contributed by atoms with Crippen LogP contribution in [0.15, 0.2) is 24.3 Å². The summed E-state index contributed by atoms with van der Waals surface area (Å²) >= 11 is 0. The number of piperidine rings is 1. The molecule has 1 aromatic carbocycles. The van der Waals surface area contributed by atoms with Gasteiger partial charge in [0, 0.05) is 19.6 Å². The van der Waals surface area contributed by atoms with Gasteiger partial charge >= 0.3 is 6.09 Å². The van der Waals surface area contributed by atoms with Crippen LogP contribution in [0.4, 0.5) is 9.18 Å². The lowest BCUT2D eigenvalue weighted by molar-refractivity contribution is -0.126. The molecule has 6 heteroatoms. The van der Waals surface area contributed by atoms with E-state index in [-0.39, 0.29) is 30.3 Å². The van der Waals surface area contributed by atoms with Gasteiger partial charge in [0.05, 0.1) is 12.5 Å². The zero-order chi connectivity index (χ0) is 15.9. The molecule has 1 heterocycles. The van der Waals surface area contributed by atoms with Crippen LogP contribution >= 0.6 is 0 Å². The maximum atomic E-state index is 13.1. The molecule has 1 N–H and O–H groups in total. The summed E-state index contributed by atoms with van der Waals surface area (Å²) in [4.78, 5) is 25.5. The summed E-state index contributed by atoms with van der Waals surface area (Å²) in [6, 6.07) is 6.13. The number of ether oxygens (including phenoxy) is 1. The van der Waals surface area contributed by atoms with Gasteiger partial charge in [-0.1, -0.05) is 12.1 Å². The number of nitrogens with one attached hydrogen (secondary N) is 1. The first-order valence-electron chi connectivity index (χ1n) is 7.54. The molecule has 0 saturated carbocycles. The topological polar surface area (TPSA) is 58.6 Å². The minimum atomic E-state index is -0.370. The Labute approximate surface area is 129 Å². The molecule has 22 heavy (non-hydrogen) atoms. The van der Waals surface area contributed by atoms with Gasteiger partial charge in [0.25, 0.3) is 0 Å². The van der Waals surface area contributed by atoms with Crippen molar-refractivity contribution in [3.8, 4) is 0 Å². The third-order valence-corrected chi connectivity index (χ3v) is 3.67. The molecule has 5 nitrogen and oxygen atoms in total. The van der Waals surface area contributed by atoms with Gasteiger partial charge in [0.1, 0.15) is 5.82 Å². The molecule has 0 spiro atoms. The molecule has 1 atom stereocenters. The number of nitrogens with zero attached hydrogens (tertiary/aromatic N) is 1. The smallest absolute Gasteiger partial charge is 0.409 e. The SMILES string of the molecule is CCOC(=O)N1CCCC(C(=O)NCc2cccc(F)c2)C1. The van der Waals surface area contributed by atoms with Crippen molar-refractivity contribution in [2.24, 2.45) is 5.92 Å². The largest absolute Gasteiger partial charge is 0.450 e. The van der Waals surface area contributed by atoms with Crippen LogP contribution in [-0.4, -0.2) is 36.6 Å². The number of hydrogen-bond acceptors (Lipinski definition) is 3. The molecule has 1 fully saturated rings. The van der Waals surface area contributed by atoms with E-state index in [2.05, 4.69) is 5.32 Å². The van der Waals surface area contributed by atoms with E-state index in [4.69, 9.17) is 4.74 Å². The quantitative estimate of drug-likeness (QED) is 0.928. The highest BCUT2D eigenvalue weighted by Gasteiger charge is 2.28. The number of halogens is 1. The number of rotatable bonds is 4. The summed E-state index contributed by atoms with van der Waals surface area (Å²) in [6.07, 6.45) is 1.15. The molecule has 0 aromatic heterocycles. The summed E-state index contributed by atoms with van der Waals surface area (Å²) in [5.74, 6) is -0.678. The van der Waals surface area contributed by atoms with Crippen LogP contribution in [0, 0.1) is 11.7 Å². The average molecular weight is 308 g/mol. The van der Waals surface area contributed by atoms with E-state index >= 15 is 0 Å². The highest BCUT2D eigenvalue weighted by molar-refractivity contribution is 5.80. The number of carbonyl (C=O) groups excluding carboxylic acids is 2. The lowest BCUT2D eigenvalue weighted by atomic mass is 9.97. The van der Waals surface area contributed by atoms with Gasteiger partial charge in [0.15, 0.2) is 0 Å². The molecule has 0 radical (unpaired) electrons. The van der Waals surface area contributed by atoms with E-state index in [1.54, 1.807) is 24.0 Å². The Hall–Kier alpha value is -2.11. The van der Waals surface area contributed by atoms with Gasteiger partial charge < -0.3 is 15.0 Å². The number of hydrogen-bond donors (Lipinski definition) is 1. The zero-order valence-corrected chi connectivity index (χ0v) is 12.7. The maximum Gasteiger partial charge on any atom is 0.409 e. The van der Waals surface area contributed by atoms with Gasteiger partial charge in [-0.05, 0) is 37.5 Å². The van der Waals surface area contributed by atoms with Gasteiger partial charge in [-0.2, -0.15) is 0 Å². The third-order valence-electron chi connectivity index (χ3n) is 3.67. The fourth-order valence-corrected chi connectivity index (χ4v) is 2.55. The first-order valence-corrected chi connectivity index (χ1v) is 7.54. The molecule has 0 bridgehead atoms. The highest BCUT2D eigenvalue weighted by Crippen LogP contribution is 2.17. The van der Waals surface area contributed by atoms with Crippen LogP contribution in [-0.2, 0) is 16.1 Å². The summed E-state index contributed by atoms with van der Waals surface area (Å²) in [5.41, 5.74) is 0.714. The molecule has 1 aliphatic heterocycles. The van der Waals surface area contributed by atoms with Crippen molar-refractivity contribution in [2.45, 2.75) is 26.3 Å². The van der Waals surface area contributed by atoms with E-state index in [0.29, 0.717) is 25.3 Å². The number of benzene rings is 1. The number of carbonyl (C=O) groups is 2. The van der Waals surface area contributed by atoms with Gasteiger partial charge in [-0.15, -0.1) is 0 Å². The standard InChI is InChI=1S/C16H21FN2O3/c1-2-22-16(21)19-8-4-6-13(11-19)15(20)18-10-12-5-3-7-14(17)9-12/h3,5,7,9,13H,2,4,6,8,10-11H2,1H3,(H,18,20). The Balaban J connectivity index is 1.85. The highest BCUT2D eigenvalue weighted by atomic mass is 19.1. The number of amides is 2. The fourth-order valence-electron chi connectivity index (χ4n) is 2.55. The van der Waals surface area contributed by atoms with E-state index in [1.807, 2.05) is 0 Å². The zero-order valence-electron chi connectivity index (χ0n) is 12.7. The van der Waals surface area contributed by atoms with Crippen molar-refractivity contribution < 1.29 is 18.7 Å². The van der Waals surface area contributed by atoms with Crippen LogP contribution in [0.3, 0.4) is 0 Å².